The van der Waals surface area contributed by atoms with Crippen LogP contribution < -0.4 is 5.32 Å². The maximum absolute atomic E-state index is 9.17. The van der Waals surface area contributed by atoms with Gasteiger partial charge in [-0.15, -0.1) is 0 Å². The van der Waals surface area contributed by atoms with Crippen LogP contribution in [0.4, 0.5) is 0 Å². The normalized spacial score (nSPS) is 12.9. The zero-order valence-electron chi connectivity index (χ0n) is 8.55. The second kappa shape index (κ2) is 5.35. The Hall–Kier alpha value is -0.570. The monoisotopic (exact) mass is 213 g/mol. The van der Waals surface area contributed by atoms with Crippen molar-refractivity contribution in [1.82, 2.24) is 5.32 Å². The summed E-state index contributed by atoms with van der Waals surface area (Å²) in [7, 11) is 0. The summed E-state index contributed by atoms with van der Waals surface area (Å²) in [4.78, 5) is 0. The molecule has 78 valence electrons. The Morgan fingerprint density at radius 2 is 2.21 bits per heavy atom. The minimum Gasteiger partial charge on any atom is -0.394 e. The lowest BCUT2D eigenvalue weighted by Gasteiger charge is -2.16. The van der Waals surface area contributed by atoms with Crippen LogP contribution in [0.3, 0.4) is 0 Å². The third-order valence-corrected chi connectivity index (χ3v) is 2.64. The van der Waals surface area contributed by atoms with E-state index in [9.17, 15) is 0 Å². The number of likely N-dealkylation sites (N-methyl/N-ethyl adjacent to an activating group) is 1. The Bertz CT molecular complexity index is 301. The SMILES string of the molecule is CCNC(CO)c1ccc(C)c(Cl)c1. The highest BCUT2D eigenvalue weighted by Gasteiger charge is 2.09. The van der Waals surface area contributed by atoms with Crippen molar-refractivity contribution in [2.75, 3.05) is 13.2 Å². The molecule has 1 aromatic rings. The summed E-state index contributed by atoms with van der Waals surface area (Å²) in [5, 5.41) is 13.1. The van der Waals surface area contributed by atoms with Crippen LogP contribution in [0, 0.1) is 6.92 Å². The van der Waals surface area contributed by atoms with Crippen LogP contribution in [0.15, 0.2) is 18.2 Å². The van der Waals surface area contributed by atoms with Gasteiger partial charge in [0.1, 0.15) is 0 Å². The highest BCUT2D eigenvalue weighted by atomic mass is 35.5. The molecule has 2 N–H and O–H groups in total. The fraction of sp³-hybridized carbons (Fsp3) is 0.455. The predicted molar refractivity (Wildman–Crippen MR) is 59.7 cm³/mol. The standard InChI is InChI=1S/C11H16ClNO/c1-3-13-11(7-14)9-5-4-8(2)10(12)6-9/h4-6,11,13-14H,3,7H2,1-2H3. The molecule has 0 aliphatic rings. The molecule has 0 heterocycles. The Morgan fingerprint density at radius 1 is 1.50 bits per heavy atom. The average molecular weight is 214 g/mol. The molecule has 0 amide bonds. The van der Waals surface area contributed by atoms with E-state index in [1.165, 1.54) is 0 Å². The summed E-state index contributed by atoms with van der Waals surface area (Å²) in [6, 6.07) is 5.85. The molecule has 1 atom stereocenters. The molecule has 0 aliphatic heterocycles. The third kappa shape index (κ3) is 2.71. The molecule has 1 rings (SSSR count). The fourth-order valence-corrected chi connectivity index (χ4v) is 1.55. The van der Waals surface area contributed by atoms with Crippen LogP contribution in [0.5, 0.6) is 0 Å². The predicted octanol–water partition coefficient (Wildman–Crippen LogP) is 2.29. The number of nitrogens with one attached hydrogen (secondary N) is 1. The second-order valence-electron chi connectivity index (χ2n) is 3.30. The van der Waals surface area contributed by atoms with Crippen molar-refractivity contribution >= 4 is 11.6 Å². The molecule has 0 radical (unpaired) electrons. The number of aliphatic hydroxyl groups is 1. The van der Waals surface area contributed by atoms with E-state index < -0.39 is 0 Å². The number of halogens is 1. The summed E-state index contributed by atoms with van der Waals surface area (Å²) < 4.78 is 0. The van der Waals surface area contributed by atoms with Gasteiger partial charge in [-0.2, -0.15) is 0 Å². The first-order valence-corrected chi connectivity index (χ1v) is 5.17. The lowest BCUT2D eigenvalue weighted by molar-refractivity contribution is 0.246. The molecular formula is C11H16ClNO. The van der Waals surface area contributed by atoms with Gasteiger partial charge in [-0.05, 0) is 30.7 Å². The zero-order valence-corrected chi connectivity index (χ0v) is 9.30. The molecule has 0 saturated heterocycles. The van der Waals surface area contributed by atoms with Crippen molar-refractivity contribution in [3.05, 3.63) is 34.3 Å². The molecule has 0 saturated carbocycles. The van der Waals surface area contributed by atoms with Crippen LogP contribution in [0.25, 0.3) is 0 Å². The zero-order chi connectivity index (χ0) is 10.6. The van der Waals surface area contributed by atoms with Gasteiger partial charge in [-0.1, -0.05) is 30.7 Å². The van der Waals surface area contributed by atoms with Gasteiger partial charge in [-0.3, -0.25) is 0 Å². The van der Waals surface area contributed by atoms with Gasteiger partial charge >= 0.3 is 0 Å². The highest BCUT2D eigenvalue weighted by Crippen LogP contribution is 2.21. The molecule has 2 nitrogen and oxygen atoms in total. The van der Waals surface area contributed by atoms with E-state index in [2.05, 4.69) is 5.32 Å². The molecule has 3 heteroatoms. The van der Waals surface area contributed by atoms with E-state index in [0.717, 1.165) is 22.7 Å². The van der Waals surface area contributed by atoms with Crippen LogP contribution in [0.1, 0.15) is 24.1 Å². The minimum absolute atomic E-state index is 0.0156. The van der Waals surface area contributed by atoms with Crippen LogP contribution >= 0.6 is 11.6 Å². The van der Waals surface area contributed by atoms with E-state index in [1.807, 2.05) is 32.0 Å². The number of hydrogen-bond donors (Lipinski definition) is 2. The molecule has 0 spiro atoms. The van der Waals surface area contributed by atoms with Crippen molar-refractivity contribution in [3.63, 3.8) is 0 Å². The van der Waals surface area contributed by atoms with Gasteiger partial charge in [0.05, 0.1) is 12.6 Å². The van der Waals surface area contributed by atoms with E-state index >= 15 is 0 Å². The molecule has 1 unspecified atom stereocenters. The Morgan fingerprint density at radius 3 is 2.71 bits per heavy atom. The molecule has 1 aromatic carbocycles. The molecule has 0 aromatic heterocycles. The Balaban J connectivity index is 2.88. The van der Waals surface area contributed by atoms with Gasteiger partial charge in [0.25, 0.3) is 0 Å². The number of rotatable bonds is 4. The van der Waals surface area contributed by atoms with E-state index in [1.54, 1.807) is 0 Å². The lowest BCUT2D eigenvalue weighted by Crippen LogP contribution is -2.23. The first kappa shape index (κ1) is 11.5. The van der Waals surface area contributed by atoms with Gasteiger partial charge in [-0.25, -0.2) is 0 Å². The van der Waals surface area contributed by atoms with E-state index in [0.29, 0.717) is 0 Å². The molecule has 0 aliphatic carbocycles. The van der Waals surface area contributed by atoms with Crippen LogP contribution in [-0.2, 0) is 0 Å². The van der Waals surface area contributed by atoms with Gasteiger partial charge < -0.3 is 10.4 Å². The first-order valence-electron chi connectivity index (χ1n) is 4.79. The van der Waals surface area contributed by atoms with Crippen molar-refractivity contribution in [1.29, 1.82) is 0 Å². The van der Waals surface area contributed by atoms with Crippen molar-refractivity contribution in [2.24, 2.45) is 0 Å². The topological polar surface area (TPSA) is 32.3 Å². The summed E-state index contributed by atoms with van der Waals surface area (Å²) >= 11 is 6.01. The number of hydrogen-bond acceptors (Lipinski definition) is 2. The summed E-state index contributed by atoms with van der Waals surface area (Å²) in [6.45, 7) is 4.90. The molecule has 0 fully saturated rings. The van der Waals surface area contributed by atoms with Gasteiger partial charge in [0.15, 0.2) is 0 Å². The third-order valence-electron chi connectivity index (χ3n) is 2.23. The number of aryl methyl sites for hydroxylation is 1. The Labute approximate surface area is 89.9 Å². The average Bonchev–Trinajstić information content (AvgIpc) is 2.19. The van der Waals surface area contributed by atoms with Crippen LogP contribution in [-0.4, -0.2) is 18.3 Å². The van der Waals surface area contributed by atoms with Crippen molar-refractivity contribution in [3.8, 4) is 0 Å². The Kier molecular flexibility index (Phi) is 4.39. The molecule has 14 heavy (non-hydrogen) atoms. The minimum atomic E-state index is -0.0156. The second-order valence-corrected chi connectivity index (χ2v) is 3.71. The number of benzene rings is 1. The largest absolute Gasteiger partial charge is 0.394 e. The fourth-order valence-electron chi connectivity index (χ4n) is 1.36. The van der Waals surface area contributed by atoms with Crippen LogP contribution in [0.2, 0.25) is 5.02 Å². The first-order chi connectivity index (χ1) is 6.69. The van der Waals surface area contributed by atoms with E-state index in [-0.39, 0.29) is 12.6 Å². The van der Waals surface area contributed by atoms with Gasteiger partial charge in [0.2, 0.25) is 0 Å². The smallest absolute Gasteiger partial charge is 0.0626 e. The van der Waals surface area contributed by atoms with Crippen molar-refractivity contribution in [2.45, 2.75) is 19.9 Å². The maximum Gasteiger partial charge on any atom is 0.0626 e. The highest BCUT2D eigenvalue weighted by molar-refractivity contribution is 6.31. The lowest BCUT2D eigenvalue weighted by atomic mass is 10.1. The molecule has 0 bridgehead atoms. The number of aliphatic hydroxyl groups excluding tert-OH is 1. The van der Waals surface area contributed by atoms with Crippen molar-refractivity contribution < 1.29 is 5.11 Å². The quantitative estimate of drug-likeness (QED) is 0.805. The maximum atomic E-state index is 9.17. The molecular weight excluding hydrogens is 198 g/mol. The van der Waals surface area contributed by atoms with Gasteiger partial charge in [0, 0.05) is 5.02 Å². The summed E-state index contributed by atoms with van der Waals surface area (Å²) in [5.41, 5.74) is 2.09. The summed E-state index contributed by atoms with van der Waals surface area (Å²) in [5.74, 6) is 0. The summed E-state index contributed by atoms with van der Waals surface area (Å²) in [6.07, 6.45) is 0. The van der Waals surface area contributed by atoms with E-state index in [4.69, 9.17) is 16.7 Å².